The van der Waals surface area contributed by atoms with E-state index in [1.54, 1.807) is 6.92 Å². The van der Waals surface area contributed by atoms with Crippen LogP contribution in [-0.4, -0.2) is 57.9 Å². The van der Waals surface area contributed by atoms with Crippen LogP contribution >= 0.6 is 0 Å². The third kappa shape index (κ3) is 3.39. The molecule has 0 saturated carbocycles. The lowest BCUT2D eigenvalue weighted by Crippen LogP contribution is -2.47. The lowest BCUT2D eigenvalue weighted by molar-refractivity contribution is -0.137. The molecule has 0 spiro atoms. The first kappa shape index (κ1) is 18.9. The van der Waals surface area contributed by atoms with Gasteiger partial charge in [-0.15, -0.1) is 10.2 Å². The number of rotatable bonds is 2. The Morgan fingerprint density at radius 3 is 2.57 bits per heavy atom. The van der Waals surface area contributed by atoms with Crippen molar-refractivity contribution in [3.63, 3.8) is 0 Å². The number of benzene rings is 1. The van der Waals surface area contributed by atoms with E-state index < -0.39 is 17.5 Å². The molecule has 3 heterocycles. The van der Waals surface area contributed by atoms with E-state index in [2.05, 4.69) is 32.0 Å². The zero-order valence-corrected chi connectivity index (χ0v) is 15.7. The fourth-order valence-electron chi connectivity index (χ4n) is 4.22. The first-order valence-corrected chi connectivity index (χ1v) is 9.31. The van der Waals surface area contributed by atoms with Crippen LogP contribution < -0.4 is 4.90 Å². The normalized spacial score (nSPS) is 23.1. The van der Waals surface area contributed by atoms with Gasteiger partial charge in [-0.05, 0) is 57.5 Å². The molecule has 0 radical (unpaired) electrons. The fraction of sp³-hybridized carbons (Fsp3) is 0.526. The topological polar surface area (TPSA) is 65.4 Å². The molecule has 2 atom stereocenters. The summed E-state index contributed by atoms with van der Waals surface area (Å²) in [7, 11) is 2.10. The van der Waals surface area contributed by atoms with Crippen LogP contribution in [0.5, 0.6) is 5.75 Å². The average molecular weight is 393 g/mol. The summed E-state index contributed by atoms with van der Waals surface area (Å²) in [6, 6.07) is 3.18. The molecular weight excluding hydrogens is 371 g/mol. The first-order valence-electron chi connectivity index (χ1n) is 9.31. The van der Waals surface area contributed by atoms with Crippen molar-refractivity contribution >= 4 is 5.95 Å². The van der Waals surface area contributed by atoms with Gasteiger partial charge in [0.15, 0.2) is 0 Å². The minimum Gasteiger partial charge on any atom is -0.507 e. The van der Waals surface area contributed by atoms with Crippen molar-refractivity contribution in [3.8, 4) is 17.0 Å². The van der Waals surface area contributed by atoms with E-state index in [-0.39, 0.29) is 11.3 Å². The molecule has 0 aliphatic carbocycles. The van der Waals surface area contributed by atoms with Crippen LogP contribution in [0.25, 0.3) is 11.3 Å². The van der Waals surface area contributed by atoms with Crippen LogP contribution in [0.1, 0.15) is 24.1 Å². The SMILES string of the molecule is Cc1nc(N2CC[C@H]3CCN(C)C[C@H]32)nnc1-c1ccc(C(F)(F)F)cc1O. The number of aryl methyl sites for hydroxylation is 1. The van der Waals surface area contributed by atoms with Gasteiger partial charge in [-0.3, -0.25) is 0 Å². The van der Waals surface area contributed by atoms with Crippen LogP contribution in [0.4, 0.5) is 19.1 Å². The number of piperidine rings is 1. The summed E-state index contributed by atoms with van der Waals surface area (Å²) in [6.07, 6.45) is -2.26. The average Bonchev–Trinajstić information content (AvgIpc) is 3.04. The van der Waals surface area contributed by atoms with Crippen LogP contribution in [0.3, 0.4) is 0 Å². The molecule has 2 aliphatic heterocycles. The van der Waals surface area contributed by atoms with Crippen LogP contribution in [0, 0.1) is 12.8 Å². The van der Waals surface area contributed by atoms with Gasteiger partial charge in [0.25, 0.3) is 0 Å². The minimum absolute atomic E-state index is 0.189. The number of aromatic nitrogens is 3. The van der Waals surface area contributed by atoms with E-state index >= 15 is 0 Å². The van der Waals surface area contributed by atoms with Gasteiger partial charge in [-0.2, -0.15) is 13.2 Å². The molecule has 6 nitrogen and oxygen atoms in total. The zero-order valence-electron chi connectivity index (χ0n) is 15.7. The molecule has 2 saturated heterocycles. The number of likely N-dealkylation sites (N-methyl/N-ethyl adjacent to an activating group) is 1. The summed E-state index contributed by atoms with van der Waals surface area (Å²) in [5.41, 5.74) is 0.0846. The molecule has 150 valence electrons. The molecule has 1 aromatic carbocycles. The zero-order chi connectivity index (χ0) is 20.1. The maximum absolute atomic E-state index is 12.8. The van der Waals surface area contributed by atoms with E-state index in [9.17, 15) is 18.3 Å². The number of fused-ring (bicyclic) bond motifs is 1. The second kappa shape index (κ2) is 6.88. The van der Waals surface area contributed by atoms with Gasteiger partial charge in [-0.25, -0.2) is 4.98 Å². The van der Waals surface area contributed by atoms with Crippen LogP contribution in [0.15, 0.2) is 18.2 Å². The number of nitrogens with zero attached hydrogens (tertiary/aromatic N) is 5. The Morgan fingerprint density at radius 2 is 1.89 bits per heavy atom. The second-order valence-corrected chi connectivity index (χ2v) is 7.64. The number of halogens is 3. The van der Waals surface area contributed by atoms with Crippen molar-refractivity contribution < 1.29 is 18.3 Å². The van der Waals surface area contributed by atoms with Gasteiger partial charge < -0.3 is 14.9 Å². The second-order valence-electron chi connectivity index (χ2n) is 7.64. The molecule has 0 unspecified atom stereocenters. The molecule has 2 aromatic rings. The number of hydrogen-bond donors (Lipinski definition) is 1. The maximum atomic E-state index is 12.8. The summed E-state index contributed by atoms with van der Waals surface area (Å²) in [6.45, 7) is 4.65. The number of likely N-dealkylation sites (tertiary alicyclic amines) is 1. The van der Waals surface area contributed by atoms with Crippen LogP contribution in [0.2, 0.25) is 0 Å². The minimum atomic E-state index is -4.52. The highest BCUT2D eigenvalue weighted by Crippen LogP contribution is 2.37. The molecule has 2 fully saturated rings. The van der Waals surface area contributed by atoms with Gasteiger partial charge >= 0.3 is 6.18 Å². The Balaban J connectivity index is 1.62. The third-order valence-electron chi connectivity index (χ3n) is 5.75. The van der Waals surface area contributed by atoms with E-state index in [0.717, 1.165) is 38.5 Å². The molecule has 4 rings (SSSR count). The lowest BCUT2D eigenvalue weighted by atomic mass is 9.92. The van der Waals surface area contributed by atoms with Crippen molar-refractivity contribution in [3.05, 3.63) is 29.5 Å². The number of phenols is 1. The van der Waals surface area contributed by atoms with Crippen LogP contribution in [-0.2, 0) is 6.18 Å². The van der Waals surface area contributed by atoms with Gasteiger partial charge in [0.1, 0.15) is 11.4 Å². The largest absolute Gasteiger partial charge is 0.507 e. The molecule has 0 amide bonds. The van der Waals surface area contributed by atoms with E-state index in [0.29, 0.717) is 29.7 Å². The Kier molecular flexibility index (Phi) is 4.65. The van der Waals surface area contributed by atoms with Crippen molar-refractivity contribution in [1.82, 2.24) is 20.1 Å². The highest BCUT2D eigenvalue weighted by atomic mass is 19.4. The Hall–Kier alpha value is -2.42. The summed E-state index contributed by atoms with van der Waals surface area (Å²) < 4.78 is 38.4. The van der Waals surface area contributed by atoms with Crippen molar-refractivity contribution in [1.29, 1.82) is 0 Å². The first-order chi connectivity index (χ1) is 13.2. The van der Waals surface area contributed by atoms with E-state index in [4.69, 9.17) is 0 Å². The standard InChI is InChI=1S/C19H22F3N5O/c1-11-17(14-4-3-13(9-16(14)28)19(20,21)22)24-25-18(23-11)27-8-6-12-5-7-26(2)10-15(12)27/h3-4,9,12,15,28H,5-8,10H2,1-2H3/t12-,15-/m1/s1. The Bertz CT molecular complexity index is 888. The monoisotopic (exact) mass is 393 g/mol. The van der Waals surface area contributed by atoms with E-state index in [1.165, 1.54) is 6.07 Å². The maximum Gasteiger partial charge on any atom is 0.416 e. The summed E-state index contributed by atoms with van der Waals surface area (Å²) >= 11 is 0. The molecule has 0 bridgehead atoms. The van der Waals surface area contributed by atoms with E-state index in [1.807, 2.05) is 0 Å². The summed E-state index contributed by atoms with van der Waals surface area (Å²) in [4.78, 5) is 9.04. The molecule has 1 aromatic heterocycles. The smallest absolute Gasteiger partial charge is 0.416 e. The molecule has 9 heteroatoms. The number of aromatic hydroxyl groups is 1. The highest BCUT2D eigenvalue weighted by molar-refractivity contribution is 5.69. The van der Waals surface area contributed by atoms with Gasteiger partial charge in [-0.1, -0.05) is 0 Å². The quantitative estimate of drug-likeness (QED) is 0.846. The van der Waals surface area contributed by atoms with Crippen molar-refractivity contribution in [2.45, 2.75) is 32.0 Å². The summed E-state index contributed by atoms with van der Waals surface area (Å²) in [5.74, 6) is 0.672. The van der Waals surface area contributed by atoms with Gasteiger partial charge in [0.05, 0.1) is 11.3 Å². The van der Waals surface area contributed by atoms with Crippen molar-refractivity contribution in [2.24, 2.45) is 5.92 Å². The van der Waals surface area contributed by atoms with Crippen molar-refractivity contribution in [2.75, 3.05) is 31.6 Å². The highest BCUT2D eigenvalue weighted by Gasteiger charge is 2.39. The number of phenolic OH excluding ortho intramolecular Hbond substituents is 1. The number of hydrogen-bond acceptors (Lipinski definition) is 6. The summed E-state index contributed by atoms with van der Waals surface area (Å²) in [5, 5.41) is 18.5. The predicted octanol–water partition coefficient (Wildman–Crippen LogP) is 3.10. The fourth-order valence-corrected chi connectivity index (χ4v) is 4.22. The Labute approximate surface area is 161 Å². The Morgan fingerprint density at radius 1 is 1.14 bits per heavy atom. The molecule has 2 aliphatic rings. The predicted molar refractivity (Wildman–Crippen MR) is 98.0 cm³/mol. The molecule has 28 heavy (non-hydrogen) atoms. The van der Waals surface area contributed by atoms with Gasteiger partial charge in [0, 0.05) is 24.7 Å². The van der Waals surface area contributed by atoms with Gasteiger partial charge in [0.2, 0.25) is 5.95 Å². The molecule has 1 N–H and O–H groups in total. The number of anilines is 1. The number of alkyl halides is 3. The molecular formula is C19H22F3N5O. The third-order valence-corrected chi connectivity index (χ3v) is 5.75. The lowest BCUT2D eigenvalue weighted by Gasteiger charge is -2.36.